The van der Waals surface area contributed by atoms with E-state index in [1.807, 2.05) is 6.11 Å². The molecule has 0 aromatic rings. The van der Waals surface area contributed by atoms with Crippen molar-refractivity contribution in [2.45, 2.75) is 155 Å². The van der Waals surface area contributed by atoms with Gasteiger partial charge < -0.3 is 24.1 Å². The van der Waals surface area contributed by atoms with Crippen LogP contribution in [0.4, 0.5) is 0 Å². The zero-order chi connectivity index (χ0) is 35.6. The summed E-state index contributed by atoms with van der Waals surface area (Å²) in [6, 6.07) is 0. The number of aliphatic hydroxyl groups excluding tert-OH is 1. The Kier molecular flexibility index (Phi) is 25.6. The molecule has 0 aliphatic carbocycles. The second-order valence-electron chi connectivity index (χ2n) is 13.6. The van der Waals surface area contributed by atoms with Gasteiger partial charge in [-0.1, -0.05) is 126 Å². The molecule has 0 fully saturated rings. The molecule has 1 N–H and O–H groups in total. The number of methoxy groups -OCH3 is 1. The number of carbonyl (C=O) groups excluding carboxylic acids is 4. The fraction of sp³-hybridized carbons (Fsp3) is 0.838. The SMILES string of the molecule is C#COC(=O)[C@@H](Br)C[C@@H](C[C@@](C)(CC(C)(C)C(=O)OCCO)C(=O)OC)C(=O)OCCCCCCCCCCCCCCCCCC. The Morgan fingerprint density at radius 2 is 1.23 bits per heavy atom. The zero-order valence-electron chi connectivity index (χ0n) is 29.9. The van der Waals surface area contributed by atoms with Gasteiger partial charge in [-0.15, -0.1) is 0 Å². The quantitative estimate of drug-likeness (QED) is 0.0266. The summed E-state index contributed by atoms with van der Waals surface area (Å²) in [6.45, 7) is 6.83. The lowest BCUT2D eigenvalue weighted by Crippen LogP contribution is -2.41. The average Bonchev–Trinajstić information content (AvgIpc) is 3.03. The van der Waals surface area contributed by atoms with E-state index in [9.17, 15) is 19.2 Å². The maximum atomic E-state index is 13.3. The van der Waals surface area contributed by atoms with Crippen molar-refractivity contribution in [2.75, 3.05) is 26.9 Å². The van der Waals surface area contributed by atoms with Crippen LogP contribution in [0.5, 0.6) is 0 Å². The predicted octanol–water partition coefficient (Wildman–Crippen LogP) is 8.22. The number of esters is 4. The van der Waals surface area contributed by atoms with Gasteiger partial charge in [-0.25, -0.2) is 4.79 Å². The summed E-state index contributed by atoms with van der Waals surface area (Å²) in [5.41, 5.74) is -2.45. The zero-order valence-corrected chi connectivity index (χ0v) is 31.5. The van der Waals surface area contributed by atoms with Crippen LogP contribution in [0, 0.1) is 29.3 Å². The molecule has 0 radical (unpaired) electrons. The van der Waals surface area contributed by atoms with Gasteiger partial charge in [0.2, 0.25) is 0 Å². The molecule has 10 heteroatoms. The fourth-order valence-electron chi connectivity index (χ4n) is 6.07. The smallest absolute Gasteiger partial charge is 0.333 e. The van der Waals surface area contributed by atoms with E-state index in [0.29, 0.717) is 6.42 Å². The standard InChI is InChI=1S/C37H63BrO9/c1-7-9-10-11-12-13-14-15-16-17-18-19-20-21-22-23-25-46-32(40)30(27-31(38)33(41)45-8-2)28-37(5,35(43)44-6)29-36(3,4)34(42)47-26-24-39/h2,30-31,39H,7,9-29H2,1,3-6H3/t30-,31-,37-/m0/s1. The van der Waals surface area contributed by atoms with E-state index in [1.54, 1.807) is 20.8 Å². The molecule has 0 spiro atoms. The highest BCUT2D eigenvalue weighted by molar-refractivity contribution is 9.10. The molecule has 0 rings (SSSR count). The summed E-state index contributed by atoms with van der Waals surface area (Å²) in [5, 5.41) is 9.04. The van der Waals surface area contributed by atoms with Gasteiger partial charge in [-0.3, -0.25) is 14.4 Å². The van der Waals surface area contributed by atoms with E-state index >= 15 is 0 Å². The van der Waals surface area contributed by atoms with Crippen LogP contribution >= 0.6 is 15.9 Å². The number of carbonyl (C=O) groups is 4. The lowest BCUT2D eigenvalue weighted by Gasteiger charge is -2.36. The summed E-state index contributed by atoms with van der Waals surface area (Å²) < 4.78 is 20.5. The number of hydrogen-bond acceptors (Lipinski definition) is 9. The molecule has 0 aliphatic rings. The third kappa shape index (κ3) is 20.8. The van der Waals surface area contributed by atoms with Crippen molar-refractivity contribution in [3.05, 3.63) is 0 Å². The Morgan fingerprint density at radius 1 is 0.745 bits per heavy atom. The molecule has 0 amide bonds. The van der Waals surface area contributed by atoms with Crippen molar-refractivity contribution in [3.63, 3.8) is 0 Å². The number of terminal acetylenes is 1. The van der Waals surface area contributed by atoms with Crippen molar-refractivity contribution in [1.29, 1.82) is 0 Å². The highest BCUT2D eigenvalue weighted by Crippen LogP contribution is 2.42. The Hall–Kier alpha value is -2.12. The van der Waals surface area contributed by atoms with E-state index in [2.05, 4.69) is 27.6 Å². The number of alkyl halides is 1. The van der Waals surface area contributed by atoms with Gasteiger partial charge in [0.25, 0.3) is 0 Å². The van der Waals surface area contributed by atoms with Crippen molar-refractivity contribution in [2.24, 2.45) is 16.7 Å². The van der Waals surface area contributed by atoms with E-state index in [-0.39, 0.29) is 39.1 Å². The van der Waals surface area contributed by atoms with Gasteiger partial charge in [0.15, 0.2) is 0 Å². The molecule has 47 heavy (non-hydrogen) atoms. The predicted molar refractivity (Wildman–Crippen MR) is 187 cm³/mol. The Morgan fingerprint density at radius 3 is 1.68 bits per heavy atom. The van der Waals surface area contributed by atoms with Gasteiger partial charge in [-0.2, -0.15) is 0 Å². The first-order valence-electron chi connectivity index (χ1n) is 17.7. The van der Waals surface area contributed by atoms with Crippen LogP contribution in [0.1, 0.15) is 150 Å². The molecular weight excluding hydrogens is 668 g/mol. The number of ether oxygens (including phenoxy) is 4. The van der Waals surface area contributed by atoms with Crippen LogP contribution in [0.3, 0.4) is 0 Å². The van der Waals surface area contributed by atoms with Crippen molar-refractivity contribution in [3.8, 4) is 12.5 Å². The molecule has 0 saturated heterocycles. The average molecular weight is 732 g/mol. The summed E-state index contributed by atoms with van der Waals surface area (Å²) >= 11 is 3.25. The Labute approximate surface area is 293 Å². The summed E-state index contributed by atoms with van der Waals surface area (Å²) in [4.78, 5) is 50.4. The first kappa shape index (κ1) is 44.9. The normalized spacial score (nSPS) is 13.9. The Balaban J connectivity index is 4.90. The minimum atomic E-state index is -1.31. The summed E-state index contributed by atoms with van der Waals surface area (Å²) in [6.07, 6.45) is 26.7. The van der Waals surface area contributed by atoms with Gasteiger partial charge >= 0.3 is 23.9 Å². The third-order valence-corrected chi connectivity index (χ3v) is 9.31. The van der Waals surface area contributed by atoms with Crippen LogP contribution in [0.2, 0.25) is 0 Å². The molecular formula is C37H63BrO9. The van der Waals surface area contributed by atoms with Crippen LogP contribution in [-0.4, -0.2) is 60.7 Å². The van der Waals surface area contributed by atoms with Gasteiger partial charge in [0.1, 0.15) is 17.5 Å². The monoisotopic (exact) mass is 730 g/mol. The van der Waals surface area contributed by atoms with Crippen LogP contribution < -0.4 is 0 Å². The van der Waals surface area contributed by atoms with E-state index < -0.39 is 45.5 Å². The lowest BCUT2D eigenvalue weighted by molar-refractivity contribution is -0.164. The molecule has 0 saturated carbocycles. The fourth-order valence-corrected chi connectivity index (χ4v) is 6.62. The summed E-state index contributed by atoms with van der Waals surface area (Å²) in [5.74, 6) is -3.41. The molecule has 0 aromatic carbocycles. The van der Waals surface area contributed by atoms with Crippen LogP contribution in [-0.2, 0) is 38.1 Å². The molecule has 0 bridgehead atoms. The van der Waals surface area contributed by atoms with E-state index in [4.69, 9.17) is 25.7 Å². The number of halogens is 1. The number of aliphatic hydroxyl groups is 1. The lowest BCUT2D eigenvalue weighted by atomic mass is 9.69. The molecule has 0 heterocycles. The molecule has 9 nitrogen and oxygen atoms in total. The Bertz CT molecular complexity index is 929. The third-order valence-electron chi connectivity index (χ3n) is 8.57. The molecule has 0 aliphatic heterocycles. The number of rotatable bonds is 29. The van der Waals surface area contributed by atoms with E-state index in [0.717, 1.165) is 19.3 Å². The maximum Gasteiger partial charge on any atom is 0.333 e. The van der Waals surface area contributed by atoms with Gasteiger partial charge in [0.05, 0.1) is 37.1 Å². The molecule has 0 aromatic heterocycles. The van der Waals surface area contributed by atoms with Gasteiger partial charge in [0, 0.05) is 0 Å². The highest BCUT2D eigenvalue weighted by Gasteiger charge is 2.46. The van der Waals surface area contributed by atoms with Crippen LogP contribution in [0.25, 0.3) is 0 Å². The number of hydrogen-bond donors (Lipinski definition) is 1. The first-order valence-corrected chi connectivity index (χ1v) is 18.6. The maximum absolute atomic E-state index is 13.3. The second-order valence-corrected chi connectivity index (χ2v) is 14.7. The molecule has 272 valence electrons. The van der Waals surface area contributed by atoms with Crippen molar-refractivity contribution >= 4 is 39.8 Å². The topological polar surface area (TPSA) is 125 Å². The molecule has 3 atom stereocenters. The summed E-state index contributed by atoms with van der Waals surface area (Å²) in [7, 11) is 1.24. The first-order chi connectivity index (χ1) is 22.4. The minimum absolute atomic E-state index is 0.0123. The number of unbranched alkanes of at least 4 members (excludes halogenated alkanes) is 15. The largest absolute Gasteiger partial charge is 0.469 e. The molecule has 0 unspecified atom stereocenters. The van der Waals surface area contributed by atoms with Crippen molar-refractivity contribution in [1.82, 2.24) is 0 Å². The van der Waals surface area contributed by atoms with Crippen molar-refractivity contribution < 1.29 is 43.2 Å². The van der Waals surface area contributed by atoms with Gasteiger partial charge in [-0.05, 0) is 46.5 Å². The second kappa shape index (κ2) is 26.8. The van der Waals surface area contributed by atoms with Crippen LogP contribution in [0.15, 0.2) is 0 Å². The highest BCUT2D eigenvalue weighted by atomic mass is 79.9. The minimum Gasteiger partial charge on any atom is -0.469 e. The van der Waals surface area contributed by atoms with E-state index in [1.165, 1.54) is 84.2 Å².